The third-order valence-corrected chi connectivity index (χ3v) is 1.28. The highest BCUT2D eigenvalue weighted by atomic mass is 16.4. The molecule has 0 fully saturated rings. The van der Waals surface area contributed by atoms with E-state index < -0.39 is 5.97 Å². The first-order valence-corrected chi connectivity index (χ1v) is 3.17. The molecular weight excluding hydrogens is 160 g/mol. The molecule has 0 bridgehead atoms. The van der Waals surface area contributed by atoms with E-state index in [0.29, 0.717) is 0 Å². The molecule has 0 unspecified atom stereocenters. The number of carbonyl (C=O) groups excluding carboxylic acids is 1. The first-order valence-electron chi connectivity index (χ1n) is 3.17. The normalized spacial score (nSPS) is 9.42. The lowest BCUT2D eigenvalue weighted by molar-refractivity contribution is 0.0691. The molecule has 0 saturated carbocycles. The number of nitrogens with zero attached hydrogens (tertiary/aromatic N) is 2. The van der Waals surface area contributed by atoms with Gasteiger partial charge in [-0.1, -0.05) is 0 Å². The molecule has 1 heterocycles. The van der Waals surface area contributed by atoms with E-state index in [4.69, 9.17) is 5.11 Å². The van der Waals surface area contributed by atoms with Crippen LogP contribution in [0.15, 0.2) is 12.5 Å². The standard InChI is InChI=1S/C7H6N2O3/c1-4(10)6-5(7(11)12)2-8-3-9-6/h2-3H,1H3,(H,11,12). The van der Waals surface area contributed by atoms with E-state index in [1.807, 2.05) is 0 Å². The second kappa shape index (κ2) is 3.08. The van der Waals surface area contributed by atoms with Crippen LogP contribution in [-0.2, 0) is 0 Å². The van der Waals surface area contributed by atoms with Crippen molar-refractivity contribution < 1.29 is 14.7 Å². The van der Waals surface area contributed by atoms with E-state index in [0.717, 1.165) is 12.5 Å². The predicted octanol–water partition coefficient (Wildman–Crippen LogP) is 0.377. The molecule has 0 atom stereocenters. The average Bonchev–Trinajstić information content (AvgIpc) is 2.04. The van der Waals surface area contributed by atoms with Gasteiger partial charge in [0.15, 0.2) is 5.78 Å². The quantitative estimate of drug-likeness (QED) is 0.642. The first-order chi connectivity index (χ1) is 5.63. The lowest BCUT2D eigenvalue weighted by Gasteiger charge is -1.97. The molecule has 5 nitrogen and oxygen atoms in total. The molecule has 0 aliphatic heterocycles. The Balaban J connectivity index is 3.27. The van der Waals surface area contributed by atoms with E-state index in [-0.39, 0.29) is 17.0 Å². The number of rotatable bonds is 2. The highest BCUT2D eigenvalue weighted by molar-refractivity contribution is 6.02. The summed E-state index contributed by atoms with van der Waals surface area (Å²) in [6, 6.07) is 0. The minimum atomic E-state index is -1.19. The fraction of sp³-hybridized carbons (Fsp3) is 0.143. The van der Waals surface area contributed by atoms with Gasteiger partial charge in [0, 0.05) is 13.1 Å². The van der Waals surface area contributed by atoms with Crippen molar-refractivity contribution in [3.8, 4) is 0 Å². The molecule has 0 saturated heterocycles. The number of carbonyl (C=O) groups is 2. The van der Waals surface area contributed by atoms with Crippen molar-refractivity contribution in [3.63, 3.8) is 0 Å². The van der Waals surface area contributed by atoms with E-state index >= 15 is 0 Å². The molecule has 0 radical (unpaired) electrons. The SMILES string of the molecule is CC(=O)c1ncncc1C(=O)O. The Hall–Kier alpha value is -1.78. The van der Waals surface area contributed by atoms with E-state index in [9.17, 15) is 9.59 Å². The van der Waals surface area contributed by atoms with Gasteiger partial charge in [0.2, 0.25) is 0 Å². The zero-order valence-corrected chi connectivity index (χ0v) is 6.31. The maximum atomic E-state index is 10.8. The fourth-order valence-electron chi connectivity index (χ4n) is 0.767. The minimum absolute atomic E-state index is 0.0579. The summed E-state index contributed by atoms with van der Waals surface area (Å²) in [5.41, 5.74) is -0.220. The number of hydrogen-bond acceptors (Lipinski definition) is 4. The van der Waals surface area contributed by atoms with Crippen molar-refractivity contribution in [2.75, 3.05) is 0 Å². The van der Waals surface area contributed by atoms with Crippen LogP contribution in [0.1, 0.15) is 27.8 Å². The van der Waals surface area contributed by atoms with Crippen LogP contribution >= 0.6 is 0 Å². The number of ketones is 1. The summed E-state index contributed by atoms with van der Waals surface area (Å²) in [6.45, 7) is 1.26. The monoisotopic (exact) mass is 166 g/mol. The minimum Gasteiger partial charge on any atom is -0.478 e. The van der Waals surface area contributed by atoms with Gasteiger partial charge in [-0.15, -0.1) is 0 Å². The van der Waals surface area contributed by atoms with Crippen LogP contribution in [0.3, 0.4) is 0 Å². The van der Waals surface area contributed by atoms with Crippen LogP contribution in [0.25, 0.3) is 0 Å². The Kier molecular flexibility index (Phi) is 2.14. The third kappa shape index (κ3) is 1.45. The van der Waals surface area contributed by atoms with E-state index in [1.165, 1.54) is 6.92 Å². The van der Waals surface area contributed by atoms with Gasteiger partial charge in [-0.2, -0.15) is 0 Å². The number of carboxylic acid groups (broad SMARTS) is 1. The van der Waals surface area contributed by atoms with Crippen LogP contribution in [0.2, 0.25) is 0 Å². The topological polar surface area (TPSA) is 80.2 Å². The van der Waals surface area contributed by atoms with Gasteiger partial charge >= 0.3 is 5.97 Å². The number of aromatic nitrogens is 2. The third-order valence-electron chi connectivity index (χ3n) is 1.28. The molecule has 62 valence electrons. The van der Waals surface area contributed by atoms with Crippen molar-refractivity contribution in [2.24, 2.45) is 0 Å². The molecule has 0 aliphatic rings. The summed E-state index contributed by atoms with van der Waals surface area (Å²) in [7, 11) is 0. The molecule has 1 rings (SSSR count). The van der Waals surface area contributed by atoms with Gasteiger partial charge in [0.25, 0.3) is 0 Å². The summed E-state index contributed by atoms with van der Waals surface area (Å²) in [4.78, 5) is 28.4. The lowest BCUT2D eigenvalue weighted by atomic mass is 10.2. The molecular formula is C7H6N2O3. The van der Waals surface area contributed by atoms with E-state index in [1.54, 1.807) is 0 Å². The molecule has 1 aromatic heterocycles. The summed E-state index contributed by atoms with van der Waals surface area (Å²) in [5.74, 6) is -1.57. The van der Waals surface area contributed by atoms with E-state index in [2.05, 4.69) is 9.97 Å². The highest BCUT2D eigenvalue weighted by Crippen LogP contribution is 2.03. The summed E-state index contributed by atoms with van der Waals surface area (Å²) >= 11 is 0. The van der Waals surface area contributed by atoms with Crippen molar-refractivity contribution in [2.45, 2.75) is 6.92 Å². The second-order valence-electron chi connectivity index (χ2n) is 2.15. The largest absolute Gasteiger partial charge is 0.478 e. The smallest absolute Gasteiger partial charge is 0.339 e. The predicted molar refractivity (Wildman–Crippen MR) is 39.0 cm³/mol. The number of aromatic carboxylic acids is 1. The molecule has 0 aliphatic carbocycles. The van der Waals surface area contributed by atoms with Crippen molar-refractivity contribution in [1.82, 2.24) is 9.97 Å². The lowest BCUT2D eigenvalue weighted by Crippen LogP contribution is -2.08. The van der Waals surface area contributed by atoms with Gasteiger partial charge in [0.1, 0.15) is 17.6 Å². The summed E-state index contributed by atoms with van der Waals surface area (Å²) in [5, 5.41) is 8.58. The Bertz CT molecular complexity index is 302. The van der Waals surface area contributed by atoms with Crippen molar-refractivity contribution >= 4 is 11.8 Å². The second-order valence-corrected chi connectivity index (χ2v) is 2.15. The fourth-order valence-corrected chi connectivity index (χ4v) is 0.767. The van der Waals surface area contributed by atoms with Gasteiger partial charge in [-0.3, -0.25) is 4.79 Å². The average molecular weight is 166 g/mol. The summed E-state index contributed by atoms with van der Waals surface area (Å²) < 4.78 is 0. The summed E-state index contributed by atoms with van der Waals surface area (Å²) in [6.07, 6.45) is 2.25. The van der Waals surface area contributed by atoms with Crippen LogP contribution in [0.5, 0.6) is 0 Å². The zero-order chi connectivity index (χ0) is 9.14. The van der Waals surface area contributed by atoms with Crippen LogP contribution in [-0.4, -0.2) is 26.8 Å². The molecule has 0 spiro atoms. The Morgan fingerprint density at radius 3 is 2.58 bits per heavy atom. The highest BCUT2D eigenvalue weighted by Gasteiger charge is 2.14. The molecule has 1 N–H and O–H groups in total. The van der Waals surface area contributed by atoms with Gasteiger partial charge in [-0.25, -0.2) is 14.8 Å². The van der Waals surface area contributed by atoms with Gasteiger partial charge in [0.05, 0.1) is 0 Å². The van der Waals surface area contributed by atoms with Crippen molar-refractivity contribution in [3.05, 3.63) is 23.8 Å². The zero-order valence-electron chi connectivity index (χ0n) is 6.31. The first kappa shape index (κ1) is 8.32. The van der Waals surface area contributed by atoms with Crippen LogP contribution in [0.4, 0.5) is 0 Å². The van der Waals surface area contributed by atoms with Crippen LogP contribution in [0, 0.1) is 0 Å². The maximum absolute atomic E-state index is 10.8. The molecule has 1 aromatic rings. The van der Waals surface area contributed by atoms with Crippen molar-refractivity contribution in [1.29, 1.82) is 0 Å². The molecule has 0 aromatic carbocycles. The number of hydrogen-bond donors (Lipinski definition) is 1. The van der Waals surface area contributed by atoms with Crippen LogP contribution < -0.4 is 0 Å². The number of carboxylic acids is 1. The molecule has 0 amide bonds. The molecule has 5 heteroatoms. The Morgan fingerprint density at radius 2 is 2.17 bits per heavy atom. The van der Waals surface area contributed by atoms with Gasteiger partial charge < -0.3 is 5.11 Å². The Morgan fingerprint density at radius 1 is 1.50 bits per heavy atom. The van der Waals surface area contributed by atoms with Gasteiger partial charge in [-0.05, 0) is 0 Å². The molecule has 12 heavy (non-hydrogen) atoms. The number of Topliss-reactive ketones (excluding diaryl/α,β-unsaturated/α-hetero) is 1. The maximum Gasteiger partial charge on any atom is 0.339 e. The Labute approximate surface area is 68.1 Å².